The lowest BCUT2D eigenvalue weighted by atomic mass is 10.0. The number of ether oxygens (including phenoxy) is 1. The van der Waals surface area contributed by atoms with Gasteiger partial charge in [0.2, 0.25) is 11.8 Å². The van der Waals surface area contributed by atoms with Crippen LogP contribution in [0, 0.1) is 0 Å². The van der Waals surface area contributed by atoms with Crippen LogP contribution in [0.15, 0.2) is 83.3 Å². The Morgan fingerprint density at radius 1 is 0.914 bits per heavy atom. The van der Waals surface area contributed by atoms with E-state index >= 15 is 0 Å². The van der Waals surface area contributed by atoms with Crippen LogP contribution in [0.1, 0.15) is 37.0 Å². The van der Waals surface area contributed by atoms with Crippen molar-refractivity contribution in [2.45, 2.75) is 51.7 Å². The van der Waals surface area contributed by atoms with E-state index in [4.69, 9.17) is 4.74 Å². The first-order valence-corrected chi connectivity index (χ1v) is 12.7. The second kappa shape index (κ2) is 13.1. The quantitative estimate of drug-likeness (QED) is 0.349. The highest BCUT2D eigenvalue weighted by molar-refractivity contribution is 9.10. The summed E-state index contributed by atoms with van der Waals surface area (Å²) in [5, 5.41) is 3.10. The molecule has 1 N–H and O–H groups in total. The zero-order valence-corrected chi connectivity index (χ0v) is 22.1. The average molecular weight is 537 g/mol. The van der Waals surface area contributed by atoms with Gasteiger partial charge in [-0.25, -0.2) is 0 Å². The third kappa shape index (κ3) is 7.96. The van der Waals surface area contributed by atoms with Crippen molar-refractivity contribution in [3.05, 3.63) is 100 Å². The molecule has 5 nitrogen and oxygen atoms in total. The Morgan fingerprint density at radius 3 is 2.14 bits per heavy atom. The minimum atomic E-state index is -0.638. The van der Waals surface area contributed by atoms with Crippen molar-refractivity contribution in [1.29, 1.82) is 0 Å². The predicted octanol–water partition coefficient (Wildman–Crippen LogP) is 5.56. The van der Waals surface area contributed by atoms with Gasteiger partial charge in [0.15, 0.2) is 0 Å². The number of nitrogens with zero attached hydrogens (tertiary/aromatic N) is 1. The van der Waals surface area contributed by atoms with Crippen molar-refractivity contribution >= 4 is 27.7 Å². The Balaban J connectivity index is 1.94. The Bertz CT molecular complexity index is 1090. The van der Waals surface area contributed by atoms with E-state index in [1.54, 1.807) is 12.0 Å². The molecule has 6 heteroatoms. The predicted molar refractivity (Wildman–Crippen MR) is 143 cm³/mol. The first-order valence-electron chi connectivity index (χ1n) is 11.9. The normalized spacial score (nSPS) is 12.5. The van der Waals surface area contributed by atoms with Gasteiger partial charge in [-0.05, 0) is 54.3 Å². The van der Waals surface area contributed by atoms with E-state index in [0.717, 1.165) is 33.3 Å². The van der Waals surface area contributed by atoms with Crippen LogP contribution in [-0.4, -0.2) is 35.9 Å². The number of amides is 2. The summed E-state index contributed by atoms with van der Waals surface area (Å²) in [6.07, 6.45) is 1.45. The number of hydrogen-bond acceptors (Lipinski definition) is 3. The zero-order chi connectivity index (χ0) is 25.2. The molecule has 184 valence electrons. The number of carbonyl (C=O) groups excluding carboxylic acids is 2. The van der Waals surface area contributed by atoms with E-state index in [0.29, 0.717) is 13.0 Å². The van der Waals surface area contributed by atoms with E-state index in [1.807, 2.05) is 92.7 Å². The van der Waals surface area contributed by atoms with E-state index in [1.165, 1.54) is 0 Å². The largest absolute Gasteiger partial charge is 0.497 e. The average Bonchev–Trinajstić information content (AvgIpc) is 2.88. The summed E-state index contributed by atoms with van der Waals surface area (Å²) in [5.41, 5.74) is 2.85. The molecule has 3 aromatic rings. The molecule has 2 atom stereocenters. The van der Waals surface area contributed by atoms with Gasteiger partial charge in [0.1, 0.15) is 11.8 Å². The molecule has 3 aromatic carbocycles. The topological polar surface area (TPSA) is 58.6 Å². The van der Waals surface area contributed by atoms with Crippen LogP contribution < -0.4 is 10.1 Å². The maximum Gasteiger partial charge on any atom is 0.243 e. The molecule has 3 rings (SSSR count). The van der Waals surface area contributed by atoms with Gasteiger partial charge in [-0.2, -0.15) is 0 Å². The highest BCUT2D eigenvalue weighted by Gasteiger charge is 2.31. The molecule has 0 saturated heterocycles. The van der Waals surface area contributed by atoms with E-state index < -0.39 is 6.04 Å². The van der Waals surface area contributed by atoms with Crippen LogP contribution in [0.3, 0.4) is 0 Å². The molecule has 0 heterocycles. The summed E-state index contributed by atoms with van der Waals surface area (Å²) >= 11 is 3.47. The summed E-state index contributed by atoms with van der Waals surface area (Å²) in [7, 11) is 1.62. The van der Waals surface area contributed by atoms with Gasteiger partial charge in [-0.15, -0.1) is 0 Å². The van der Waals surface area contributed by atoms with E-state index in [9.17, 15) is 9.59 Å². The van der Waals surface area contributed by atoms with Gasteiger partial charge in [-0.1, -0.05) is 77.5 Å². The highest BCUT2D eigenvalue weighted by atomic mass is 79.9. The molecule has 0 fully saturated rings. The Kier molecular flexibility index (Phi) is 9.91. The standard InChI is InChI=1S/C29H33BrN2O3/c1-4-21(2)31-29(34)27(18-22-8-6-5-7-9-22)32(20-24-10-14-25(30)15-11-24)28(33)19-23-12-16-26(35-3)17-13-23/h5-17,21,27H,4,18-20H2,1-3H3,(H,31,34)/t21-,27+/m0/s1. The van der Waals surface area contributed by atoms with Gasteiger partial charge in [0.25, 0.3) is 0 Å². The van der Waals surface area contributed by atoms with Crippen molar-refractivity contribution in [3.63, 3.8) is 0 Å². The molecule has 0 radical (unpaired) electrons. The Labute approximate surface area is 216 Å². The second-order valence-electron chi connectivity index (χ2n) is 8.70. The number of methoxy groups -OCH3 is 1. The van der Waals surface area contributed by atoms with Crippen LogP contribution >= 0.6 is 15.9 Å². The number of halogens is 1. The summed E-state index contributed by atoms with van der Waals surface area (Å²) in [6, 6.07) is 24.6. The van der Waals surface area contributed by atoms with Crippen molar-refractivity contribution in [3.8, 4) is 5.75 Å². The number of carbonyl (C=O) groups is 2. The Morgan fingerprint density at radius 2 is 1.54 bits per heavy atom. The first kappa shape index (κ1) is 26.5. The van der Waals surface area contributed by atoms with Crippen molar-refractivity contribution in [2.24, 2.45) is 0 Å². The summed E-state index contributed by atoms with van der Waals surface area (Å²) in [4.78, 5) is 29.0. The molecular formula is C29H33BrN2O3. The van der Waals surface area contributed by atoms with Crippen LogP contribution in [-0.2, 0) is 29.0 Å². The summed E-state index contributed by atoms with van der Waals surface area (Å²) in [6.45, 7) is 4.36. The molecule has 0 aliphatic rings. The van der Waals surface area contributed by atoms with E-state index in [-0.39, 0.29) is 24.3 Å². The molecule has 35 heavy (non-hydrogen) atoms. The molecule has 2 amide bonds. The third-order valence-corrected chi connectivity index (χ3v) is 6.58. The number of hydrogen-bond donors (Lipinski definition) is 1. The molecule has 0 aliphatic carbocycles. The van der Waals surface area contributed by atoms with E-state index in [2.05, 4.69) is 21.2 Å². The minimum Gasteiger partial charge on any atom is -0.497 e. The van der Waals surface area contributed by atoms with Gasteiger partial charge in [-0.3, -0.25) is 9.59 Å². The number of benzene rings is 3. The lowest BCUT2D eigenvalue weighted by Gasteiger charge is -2.32. The van der Waals surface area contributed by atoms with Crippen LogP contribution in [0.25, 0.3) is 0 Å². The SMILES string of the molecule is CC[C@H](C)NC(=O)[C@@H](Cc1ccccc1)N(Cc1ccc(Br)cc1)C(=O)Cc1ccc(OC)cc1. The minimum absolute atomic E-state index is 0.0204. The fraction of sp³-hybridized carbons (Fsp3) is 0.310. The monoisotopic (exact) mass is 536 g/mol. The van der Waals surface area contributed by atoms with Crippen LogP contribution in [0.5, 0.6) is 5.75 Å². The van der Waals surface area contributed by atoms with Gasteiger partial charge in [0, 0.05) is 23.5 Å². The van der Waals surface area contributed by atoms with Crippen molar-refractivity contribution < 1.29 is 14.3 Å². The molecule has 0 aromatic heterocycles. The number of nitrogens with one attached hydrogen (secondary N) is 1. The lowest BCUT2D eigenvalue weighted by molar-refractivity contribution is -0.141. The van der Waals surface area contributed by atoms with Gasteiger partial charge >= 0.3 is 0 Å². The van der Waals surface area contributed by atoms with Crippen molar-refractivity contribution in [2.75, 3.05) is 7.11 Å². The highest BCUT2D eigenvalue weighted by Crippen LogP contribution is 2.19. The molecular weight excluding hydrogens is 504 g/mol. The van der Waals surface area contributed by atoms with Gasteiger partial charge < -0.3 is 15.0 Å². The zero-order valence-electron chi connectivity index (χ0n) is 20.5. The number of rotatable bonds is 11. The van der Waals surface area contributed by atoms with Crippen LogP contribution in [0.4, 0.5) is 0 Å². The first-order chi connectivity index (χ1) is 16.9. The fourth-order valence-corrected chi connectivity index (χ4v) is 4.07. The third-order valence-electron chi connectivity index (χ3n) is 6.05. The van der Waals surface area contributed by atoms with Gasteiger partial charge in [0.05, 0.1) is 13.5 Å². The molecule has 0 saturated carbocycles. The molecule has 0 unspecified atom stereocenters. The van der Waals surface area contributed by atoms with Crippen molar-refractivity contribution in [1.82, 2.24) is 10.2 Å². The maximum absolute atomic E-state index is 13.7. The summed E-state index contributed by atoms with van der Waals surface area (Å²) in [5.74, 6) is 0.504. The van der Waals surface area contributed by atoms with Crippen LogP contribution in [0.2, 0.25) is 0 Å². The Hall–Kier alpha value is -3.12. The summed E-state index contributed by atoms with van der Waals surface area (Å²) < 4.78 is 6.21. The second-order valence-corrected chi connectivity index (χ2v) is 9.61. The fourth-order valence-electron chi connectivity index (χ4n) is 3.80. The maximum atomic E-state index is 13.7. The smallest absolute Gasteiger partial charge is 0.243 e. The molecule has 0 spiro atoms. The lowest BCUT2D eigenvalue weighted by Crippen LogP contribution is -2.52. The molecule has 0 bridgehead atoms. The molecule has 0 aliphatic heterocycles.